The molecule has 0 aliphatic carbocycles. The van der Waals surface area contributed by atoms with Crippen LogP contribution in [0, 0.1) is 11.7 Å². The van der Waals surface area contributed by atoms with Gasteiger partial charge in [-0.25, -0.2) is 9.37 Å². The van der Waals surface area contributed by atoms with Crippen LogP contribution < -0.4 is 10.6 Å². The van der Waals surface area contributed by atoms with Crippen molar-refractivity contribution in [3.05, 3.63) is 76.5 Å². The van der Waals surface area contributed by atoms with Gasteiger partial charge >= 0.3 is 6.18 Å². The molecule has 35 heavy (non-hydrogen) atoms. The van der Waals surface area contributed by atoms with Gasteiger partial charge in [0.25, 0.3) is 5.91 Å². The zero-order valence-corrected chi connectivity index (χ0v) is 19.3. The predicted molar refractivity (Wildman–Crippen MR) is 124 cm³/mol. The van der Waals surface area contributed by atoms with Crippen LogP contribution in [0.2, 0.25) is 0 Å². The lowest BCUT2D eigenvalue weighted by molar-refractivity contribution is -0.137. The Kier molecular flexibility index (Phi) is 7.34. The number of benzene rings is 2. The molecule has 1 aliphatic heterocycles. The van der Waals surface area contributed by atoms with E-state index in [1.54, 1.807) is 22.4 Å². The lowest BCUT2D eigenvalue weighted by Crippen LogP contribution is -2.45. The van der Waals surface area contributed by atoms with E-state index in [9.17, 15) is 27.2 Å². The molecule has 2 heterocycles. The van der Waals surface area contributed by atoms with E-state index in [1.807, 2.05) is 0 Å². The largest absolute Gasteiger partial charge is 0.416 e. The van der Waals surface area contributed by atoms with E-state index in [1.165, 1.54) is 35.6 Å². The normalized spacial score (nSPS) is 16.1. The third kappa shape index (κ3) is 6.36. The molecular formula is C24H22F4N4O2S. The number of nitrogens with one attached hydrogen (secondary N) is 2. The molecule has 1 aliphatic rings. The molecule has 2 aromatic carbocycles. The number of nitrogens with zero attached hydrogens (tertiary/aromatic N) is 2. The summed E-state index contributed by atoms with van der Waals surface area (Å²) in [4.78, 5) is 31.5. The van der Waals surface area contributed by atoms with Crippen LogP contribution in [-0.4, -0.2) is 34.8 Å². The van der Waals surface area contributed by atoms with Gasteiger partial charge in [-0.3, -0.25) is 9.59 Å². The van der Waals surface area contributed by atoms with Crippen LogP contribution in [0.1, 0.15) is 34.5 Å². The van der Waals surface area contributed by atoms with Crippen LogP contribution in [-0.2, 0) is 17.5 Å². The van der Waals surface area contributed by atoms with Crippen molar-refractivity contribution in [2.45, 2.75) is 25.6 Å². The minimum absolute atomic E-state index is 0.0301. The van der Waals surface area contributed by atoms with E-state index in [0.717, 1.165) is 12.1 Å². The highest BCUT2D eigenvalue weighted by atomic mass is 32.1. The van der Waals surface area contributed by atoms with E-state index in [-0.39, 0.29) is 36.4 Å². The van der Waals surface area contributed by atoms with E-state index < -0.39 is 17.7 Å². The number of carbonyl (C=O) groups excluding carboxylic acids is 2. The third-order valence-corrected chi connectivity index (χ3v) is 6.38. The summed E-state index contributed by atoms with van der Waals surface area (Å²) in [6, 6.07) is 10.6. The Morgan fingerprint density at radius 2 is 1.91 bits per heavy atom. The SMILES string of the molecule is O=C(NCc1cccc(C(F)(F)F)c1)[C@@H]1CCCN(C(=O)c2csc(Nc3ccc(F)cc3)n2)C1. The van der Waals surface area contributed by atoms with E-state index in [2.05, 4.69) is 15.6 Å². The molecule has 4 rings (SSSR count). The number of aromatic nitrogens is 1. The van der Waals surface area contributed by atoms with Crippen LogP contribution in [0.15, 0.2) is 53.9 Å². The molecule has 1 fully saturated rings. The summed E-state index contributed by atoms with van der Waals surface area (Å²) in [6.45, 7) is 0.650. The molecule has 2 amide bonds. The summed E-state index contributed by atoms with van der Waals surface area (Å²) in [5.41, 5.74) is 0.454. The number of halogens is 4. The molecule has 1 atom stereocenters. The highest BCUT2D eigenvalue weighted by Crippen LogP contribution is 2.29. The third-order valence-electron chi connectivity index (χ3n) is 5.62. The molecule has 0 unspecified atom stereocenters. The highest BCUT2D eigenvalue weighted by molar-refractivity contribution is 7.14. The summed E-state index contributed by atoms with van der Waals surface area (Å²) >= 11 is 1.23. The van der Waals surface area contributed by atoms with Gasteiger partial charge in [0.2, 0.25) is 5.91 Å². The molecule has 0 bridgehead atoms. The summed E-state index contributed by atoms with van der Waals surface area (Å²) in [5.74, 6) is -1.43. The maximum atomic E-state index is 13.1. The average molecular weight is 507 g/mol. The van der Waals surface area contributed by atoms with Gasteiger partial charge in [-0.15, -0.1) is 11.3 Å². The number of hydrogen-bond donors (Lipinski definition) is 2. The zero-order valence-electron chi connectivity index (χ0n) is 18.4. The topological polar surface area (TPSA) is 74.3 Å². The Morgan fingerprint density at radius 1 is 1.14 bits per heavy atom. The molecule has 6 nitrogen and oxygen atoms in total. The fourth-order valence-corrected chi connectivity index (χ4v) is 4.52. The van der Waals surface area contributed by atoms with Crippen molar-refractivity contribution < 1.29 is 27.2 Å². The number of rotatable bonds is 6. The van der Waals surface area contributed by atoms with Crippen LogP contribution in [0.5, 0.6) is 0 Å². The number of carbonyl (C=O) groups is 2. The van der Waals surface area contributed by atoms with Gasteiger partial charge in [-0.1, -0.05) is 12.1 Å². The fourth-order valence-electron chi connectivity index (χ4n) is 3.81. The first kappa shape index (κ1) is 24.6. The number of likely N-dealkylation sites (tertiary alicyclic amines) is 1. The molecule has 2 N–H and O–H groups in total. The molecule has 1 saturated heterocycles. The number of alkyl halides is 3. The van der Waals surface area contributed by atoms with Gasteiger partial charge in [0.1, 0.15) is 11.5 Å². The van der Waals surface area contributed by atoms with Crippen LogP contribution in [0.25, 0.3) is 0 Å². The summed E-state index contributed by atoms with van der Waals surface area (Å²) in [5, 5.41) is 7.80. The Bertz CT molecular complexity index is 1200. The second-order valence-electron chi connectivity index (χ2n) is 8.18. The summed E-state index contributed by atoms with van der Waals surface area (Å²) < 4.78 is 51.7. The predicted octanol–water partition coefficient (Wildman–Crippen LogP) is 5.21. The smallest absolute Gasteiger partial charge is 0.352 e. The second kappa shape index (κ2) is 10.4. The molecule has 0 saturated carbocycles. The van der Waals surface area contributed by atoms with Gasteiger partial charge in [-0.05, 0) is 54.8 Å². The molecule has 184 valence electrons. The van der Waals surface area contributed by atoms with Gasteiger partial charge in [0, 0.05) is 30.7 Å². The number of thiazole rings is 1. The van der Waals surface area contributed by atoms with Gasteiger partial charge in [0.15, 0.2) is 5.13 Å². The van der Waals surface area contributed by atoms with Crippen molar-refractivity contribution in [2.75, 3.05) is 18.4 Å². The number of hydrogen-bond acceptors (Lipinski definition) is 5. The first-order valence-electron chi connectivity index (χ1n) is 10.9. The molecular weight excluding hydrogens is 484 g/mol. The van der Waals surface area contributed by atoms with Crippen molar-refractivity contribution in [1.82, 2.24) is 15.2 Å². The molecule has 0 spiro atoms. The number of amides is 2. The Morgan fingerprint density at radius 3 is 2.66 bits per heavy atom. The monoisotopic (exact) mass is 506 g/mol. The average Bonchev–Trinajstić information content (AvgIpc) is 3.31. The summed E-state index contributed by atoms with van der Waals surface area (Å²) in [7, 11) is 0. The van der Waals surface area contributed by atoms with Gasteiger partial charge < -0.3 is 15.5 Å². The Hall–Kier alpha value is -3.47. The van der Waals surface area contributed by atoms with E-state index >= 15 is 0 Å². The molecule has 11 heteroatoms. The lowest BCUT2D eigenvalue weighted by atomic mass is 9.96. The van der Waals surface area contributed by atoms with Crippen molar-refractivity contribution in [3.63, 3.8) is 0 Å². The van der Waals surface area contributed by atoms with Crippen molar-refractivity contribution in [3.8, 4) is 0 Å². The number of anilines is 2. The van der Waals surface area contributed by atoms with Crippen LogP contribution in [0.3, 0.4) is 0 Å². The Balaban J connectivity index is 1.33. The zero-order chi connectivity index (χ0) is 25.0. The van der Waals surface area contributed by atoms with Crippen LogP contribution >= 0.6 is 11.3 Å². The maximum absolute atomic E-state index is 13.1. The van der Waals surface area contributed by atoms with Gasteiger partial charge in [0.05, 0.1) is 11.5 Å². The first-order valence-corrected chi connectivity index (χ1v) is 11.8. The minimum atomic E-state index is -4.45. The van der Waals surface area contributed by atoms with Crippen molar-refractivity contribution >= 4 is 34.0 Å². The molecule has 1 aromatic heterocycles. The fraction of sp³-hybridized carbons (Fsp3) is 0.292. The standard InChI is InChI=1S/C24H22F4N4O2S/c25-18-6-8-19(9-7-18)30-23-31-20(14-35-23)22(34)32-10-2-4-16(13-32)21(33)29-12-15-3-1-5-17(11-15)24(26,27)28/h1,3,5-9,11,14,16H,2,4,10,12-13H2,(H,29,33)(H,30,31)/t16-/m1/s1. The maximum Gasteiger partial charge on any atom is 0.416 e. The molecule has 3 aromatic rings. The highest BCUT2D eigenvalue weighted by Gasteiger charge is 2.31. The van der Waals surface area contributed by atoms with Crippen molar-refractivity contribution in [1.29, 1.82) is 0 Å². The van der Waals surface area contributed by atoms with Crippen LogP contribution in [0.4, 0.5) is 28.4 Å². The van der Waals surface area contributed by atoms with Gasteiger partial charge in [-0.2, -0.15) is 13.2 Å². The second-order valence-corrected chi connectivity index (χ2v) is 9.03. The Labute approximate surface area is 203 Å². The number of piperidine rings is 1. The van der Waals surface area contributed by atoms with E-state index in [4.69, 9.17) is 0 Å². The quantitative estimate of drug-likeness (QED) is 0.450. The minimum Gasteiger partial charge on any atom is -0.352 e. The van der Waals surface area contributed by atoms with E-state index in [0.29, 0.717) is 35.8 Å². The first-order chi connectivity index (χ1) is 16.7. The molecule has 0 radical (unpaired) electrons. The van der Waals surface area contributed by atoms with Crippen molar-refractivity contribution in [2.24, 2.45) is 5.92 Å². The summed E-state index contributed by atoms with van der Waals surface area (Å²) in [6.07, 6.45) is -3.25. The lowest BCUT2D eigenvalue weighted by Gasteiger charge is -2.31.